The zero-order valence-corrected chi connectivity index (χ0v) is 7.68. The number of nitrogens with zero attached hydrogens (tertiary/aromatic N) is 3. The predicted octanol–water partition coefficient (Wildman–Crippen LogP) is 0.293. The van der Waals surface area contributed by atoms with Crippen LogP contribution in [-0.4, -0.2) is 27.2 Å². The van der Waals surface area contributed by atoms with E-state index in [1.165, 1.54) is 0 Å². The van der Waals surface area contributed by atoms with Gasteiger partial charge >= 0.3 is 0 Å². The topological polar surface area (TPSA) is 80.5 Å². The summed E-state index contributed by atoms with van der Waals surface area (Å²) in [6.45, 7) is 0.770. The molecule has 0 bridgehead atoms. The van der Waals surface area contributed by atoms with Crippen LogP contribution >= 0.6 is 12.4 Å². The van der Waals surface area contributed by atoms with Crippen molar-refractivity contribution in [2.24, 2.45) is 5.73 Å². The van der Waals surface area contributed by atoms with Crippen molar-refractivity contribution in [1.29, 1.82) is 0 Å². The molecule has 0 unspecified atom stereocenters. The highest BCUT2D eigenvalue weighted by Gasteiger charge is 1.95. The van der Waals surface area contributed by atoms with Crippen LogP contribution in [0, 0.1) is 0 Å². The van der Waals surface area contributed by atoms with Gasteiger partial charge in [0.25, 0.3) is 0 Å². The summed E-state index contributed by atoms with van der Waals surface area (Å²) in [4.78, 5) is 0. The molecule has 0 saturated heterocycles. The van der Waals surface area contributed by atoms with E-state index in [4.69, 9.17) is 5.73 Å². The number of H-pyrrole nitrogens is 1. The molecule has 0 amide bonds. The number of hydrogen-bond acceptors (Lipinski definition) is 4. The van der Waals surface area contributed by atoms with Crippen LogP contribution in [0.25, 0.3) is 0 Å². The molecule has 0 aliphatic rings. The highest BCUT2D eigenvalue weighted by Crippen LogP contribution is 1.98. The Labute approximate surface area is 77.5 Å². The number of aromatic nitrogens is 4. The van der Waals surface area contributed by atoms with Crippen LogP contribution in [0.3, 0.4) is 0 Å². The number of nitrogens with one attached hydrogen (secondary N) is 1. The Hall–Kier alpha value is -0.680. The smallest absolute Gasteiger partial charge is 0.174 e. The normalized spacial score (nSPS) is 9.42. The molecule has 5 nitrogen and oxygen atoms in total. The third kappa shape index (κ3) is 4.25. The standard InChI is InChI=1S/C6H13N5.ClH/c7-5-3-1-2-4-6-8-10-11-9-6;/h1-5,7H2,(H,8,9,10,11);1H. The van der Waals surface area contributed by atoms with Gasteiger partial charge in [-0.05, 0) is 19.4 Å². The molecule has 1 aromatic rings. The summed E-state index contributed by atoms with van der Waals surface area (Å²) in [5.41, 5.74) is 5.34. The molecule has 1 heterocycles. The van der Waals surface area contributed by atoms with Crippen molar-refractivity contribution in [3.8, 4) is 0 Å². The lowest BCUT2D eigenvalue weighted by atomic mass is 10.2. The van der Waals surface area contributed by atoms with E-state index in [1.807, 2.05) is 0 Å². The van der Waals surface area contributed by atoms with Crippen LogP contribution in [0.2, 0.25) is 0 Å². The van der Waals surface area contributed by atoms with E-state index in [-0.39, 0.29) is 12.4 Å². The molecule has 1 aromatic heterocycles. The van der Waals surface area contributed by atoms with Gasteiger partial charge in [-0.25, -0.2) is 0 Å². The van der Waals surface area contributed by atoms with Crippen molar-refractivity contribution >= 4 is 12.4 Å². The summed E-state index contributed by atoms with van der Waals surface area (Å²) in [7, 11) is 0. The summed E-state index contributed by atoms with van der Waals surface area (Å²) < 4.78 is 0. The molecule has 6 heteroatoms. The van der Waals surface area contributed by atoms with Crippen LogP contribution in [0.4, 0.5) is 0 Å². The summed E-state index contributed by atoms with van der Waals surface area (Å²) in [6, 6.07) is 0. The largest absolute Gasteiger partial charge is 0.330 e. The van der Waals surface area contributed by atoms with E-state index in [0.29, 0.717) is 0 Å². The zero-order valence-electron chi connectivity index (χ0n) is 6.86. The highest BCUT2D eigenvalue weighted by atomic mass is 35.5. The second kappa shape index (κ2) is 7.00. The lowest BCUT2D eigenvalue weighted by Crippen LogP contribution is -1.98. The second-order valence-electron chi connectivity index (χ2n) is 2.43. The van der Waals surface area contributed by atoms with Crippen molar-refractivity contribution in [1.82, 2.24) is 20.6 Å². The first-order chi connectivity index (χ1) is 5.43. The molecular weight excluding hydrogens is 178 g/mol. The van der Waals surface area contributed by atoms with Gasteiger partial charge in [0.2, 0.25) is 0 Å². The Balaban J connectivity index is 0.00000121. The Bertz CT molecular complexity index is 176. The fourth-order valence-electron chi connectivity index (χ4n) is 0.893. The maximum Gasteiger partial charge on any atom is 0.174 e. The molecule has 3 N–H and O–H groups in total. The maximum atomic E-state index is 5.34. The fraction of sp³-hybridized carbons (Fsp3) is 0.833. The zero-order chi connectivity index (χ0) is 7.94. The van der Waals surface area contributed by atoms with Crippen LogP contribution in [0.1, 0.15) is 25.1 Å². The minimum absolute atomic E-state index is 0. The van der Waals surface area contributed by atoms with Crippen LogP contribution in [0.15, 0.2) is 0 Å². The van der Waals surface area contributed by atoms with Crippen molar-refractivity contribution < 1.29 is 0 Å². The van der Waals surface area contributed by atoms with E-state index in [2.05, 4.69) is 20.6 Å². The second-order valence-corrected chi connectivity index (χ2v) is 2.43. The lowest BCUT2D eigenvalue weighted by Gasteiger charge is -1.93. The number of tetrazole rings is 1. The fourth-order valence-corrected chi connectivity index (χ4v) is 0.893. The molecule has 12 heavy (non-hydrogen) atoms. The number of nitrogens with two attached hydrogens (primary N) is 1. The number of hydrogen-bond donors (Lipinski definition) is 2. The molecule has 0 aromatic carbocycles. The Kier molecular flexibility index (Phi) is 6.60. The van der Waals surface area contributed by atoms with Crippen molar-refractivity contribution in [3.63, 3.8) is 0 Å². The monoisotopic (exact) mass is 191 g/mol. The number of unbranched alkanes of at least 4 members (excludes halogenated alkanes) is 2. The van der Waals surface area contributed by atoms with Gasteiger partial charge in [-0.3, -0.25) is 0 Å². The number of rotatable bonds is 5. The third-order valence-corrected chi connectivity index (χ3v) is 1.49. The van der Waals surface area contributed by atoms with E-state index in [0.717, 1.165) is 38.1 Å². The van der Waals surface area contributed by atoms with Gasteiger partial charge in [0.05, 0.1) is 0 Å². The average Bonchev–Trinajstić information content (AvgIpc) is 2.50. The first-order valence-electron chi connectivity index (χ1n) is 3.86. The maximum absolute atomic E-state index is 5.34. The van der Waals surface area contributed by atoms with Crippen molar-refractivity contribution in [3.05, 3.63) is 5.82 Å². The van der Waals surface area contributed by atoms with E-state index >= 15 is 0 Å². The Morgan fingerprint density at radius 2 is 2.08 bits per heavy atom. The minimum Gasteiger partial charge on any atom is -0.330 e. The molecule has 1 rings (SSSR count). The lowest BCUT2D eigenvalue weighted by molar-refractivity contribution is 0.669. The van der Waals surface area contributed by atoms with Gasteiger partial charge in [-0.2, -0.15) is 5.21 Å². The van der Waals surface area contributed by atoms with Gasteiger partial charge in [-0.1, -0.05) is 11.6 Å². The van der Waals surface area contributed by atoms with Crippen molar-refractivity contribution in [2.45, 2.75) is 25.7 Å². The van der Waals surface area contributed by atoms with Crippen LogP contribution < -0.4 is 5.73 Å². The number of aromatic amines is 1. The van der Waals surface area contributed by atoms with Gasteiger partial charge in [-0.15, -0.1) is 22.6 Å². The first-order valence-corrected chi connectivity index (χ1v) is 3.86. The molecule has 0 saturated carbocycles. The van der Waals surface area contributed by atoms with E-state index < -0.39 is 0 Å². The van der Waals surface area contributed by atoms with Gasteiger partial charge < -0.3 is 5.73 Å². The predicted molar refractivity (Wildman–Crippen MR) is 48.0 cm³/mol. The molecule has 70 valence electrons. The van der Waals surface area contributed by atoms with Gasteiger partial charge in [0.15, 0.2) is 5.82 Å². The Morgan fingerprint density at radius 3 is 2.67 bits per heavy atom. The van der Waals surface area contributed by atoms with Gasteiger partial charge in [0.1, 0.15) is 0 Å². The van der Waals surface area contributed by atoms with E-state index in [1.54, 1.807) is 0 Å². The third-order valence-electron chi connectivity index (χ3n) is 1.49. The van der Waals surface area contributed by atoms with Gasteiger partial charge in [0, 0.05) is 6.42 Å². The summed E-state index contributed by atoms with van der Waals surface area (Å²) in [6.07, 6.45) is 4.22. The number of halogens is 1. The molecule has 0 radical (unpaired) electrons. The van der Waals surface area contributed by atoms with E-state index in [9.17, 15) is 0 Å². The Morgan fingerprint density at radius 1 is 1.25 bits per heavy atom. The van der Waals surface area contributed by atoms with Crippen molar-refractivity contribution in [2.75, 3.05) is 6.54 Å². The molecule has 0 atom stereocenters. The first kappa shape index (κ1) is 11.3. The molecule has 0 spiro atoms. The average molecular weight is 192 g/mol. The molecule has 0 fully saturated rings. The molecular formula is C6H14ClN5. The molecule has 0 aliphatic carbocycles. The summed E-state index contributed by atoms with van der Waals surface area (Å²) in [5, 5.41) is 13.5. The van der Waals surface area contributed by atoms with Crippen LogP contribution in [-0.2, 0) is 6.42 Å². The SMILES string of the molecule is Cl.NCCCCCc1nn[nH]n1. The summed E-state index contributed by atoms with van der Waals surface area (Å²) in [5.74, 6) is 0.794. The number of aryl methyl sites for hydroxylation is 1. The van der Waals surface area contributed by atoms with Crippen LogP contribution in [0.5, 0.6) is 0 Å². The quantitative estimate of drug-likeness (QED) is 0.656. The molecule has 0 aliphatic heterocycles. The summed E-state index contributed by atoms with van der Waals surface area (Å²) >= 11 is 0. The minimum atomic E-state index is 0. The highest BCUT2D eigenvalue weighted by molar-refractivity contribution is 5.85.